The number of imide groups is 1. The van der Waals surface area contributed by atoms with Gasteiger partial charge in [0.1, 0.15) is 5.82 Å². The highest BCUT2D eigenvalue weighted by Gasteiger charge is 2.47. The number of fused-ring (bicyclic) bond motifs is 1. The molecule has 1 aromatic carbocycles. The van der Waals surface area contributed by atoms with Crippen LogP contribution in [0.5, 0.6) is 0 Å². The van der Waals surface area contributed by atoms with Crippen molar-refractivity contribution in [3.05, 3.63) is 23.5 Å². The van der Waals surface area contributed by atoms with Crippen LogP contribution in [0.2, 0.25) is 0 Å². The molecule has 2 N–H and O–H groups in total. The van der Waals surface area contributed by atoms with E-state index >= 15 is 0 Å². The molecule has 142 valence electrons. The maximum Gasteiger partial charge on any atom is 0.329 e. The largest absolute Gasteiger partial charge is 0.329 e. The van der Waals surface area contributed by atoms with E-state index in [2.05, 4.69) is 15.7 Å². The van der Waals surface area contributed by atoms with E-state index in [1.54, 1.807) is 11.7 Å². The highest BCUT2D eigenvalue weighted by atomic mass is 19.1. The lowest BCUT2D eigenvalue weighted by molar-refractivity contribution is -0.120. The summed E-state index contributed by atoms with van der Waals surface area (Å²) in [4.78, 5) is 25.0. The van der Waals surface area contributed by atoms with Crippen molar-refractivity contribution in [2.24, 2.45) is 12.5 Å². The summed E-state index contributed by atoms with van der Waals surface area (Å²) in [5.74, 6) is 0.0953. The molecular weight excluding hydrogens is 349 g/mol. The summed E-state index contributed by atoms with van der Waals surface area (Å²) in [7, 11) is 1.80. The molecule has 1 saturated carbocycles. The van der Waals surface area contributed by atoms with Gasteiger partial charge in [-0.3, -0.25) is 19.7 Å². The number of amides is 3. The van der Waals surface area contributed by atoms with E-state index in [0.29, 0.717) is 16.6 Å². The molecule has 1 aliphatic carbocycles. The van der Waals surface area contributed by atoms with Crippen molar-refractivity contribution in [1.82, 2.24) is 20.4 Å². The number of hydrogen-bond donors (Lipinski definition) is 2. The predicted molar refractivity (Wildman–Crippen MR) is 98.1 cm³/mol. The molecule has 8 heteroatoms. The molecule has 3 heterocycles. The van der Waals surface area contributed by atoms with Crippen molar-refractivity contribution in [1.29, 1.82) is 0 Å². The molecule has 7 nitrogen and oxygen atoms in total. The molecule has 0 radical (unpaired) electrons. The van der Waals surface area contributed by atoms with Gasteiger partial charge in [0.25, 0.3) is 0 Å². The minimum atomic E-state index is -0.509. The zero-order chi connectivity index (χ0) is 18.8. The highest BCUT2D eigenvalue weighted by molar-refractivity contribution is 6.08. The molecule has 0 unspecified atom stereocenters. The van der Waals surface area contributed by atoms with Gasteiger partial charge in [-0.1, -0.05) is 0 Å². The lowest BCUT2D eigenvalue weighted by atomic mass is 9.59. The fourth-order valence-corrected chi connectivity index (χ4v) is 4.90. The Morgan fingerprint density at radius 2 is 2.11 bits per heavy atom. The zero-order valence-corrected chi connectivity index (χ0v) is 15.2. The molecule has 5 rings (SSSR count). The van der Waals surface area contributed by atoms with Gasteiger partial charge in [0.2, 0.25) is 5.91 Å². The first-order valence-corrected chi connectivity index (χ1v) is 9.44. The van der Waals surface area contributed by atoms with Gasteiger partial charge in [0.05, 0.1) is 5.52 Å². The SMILES string of the molecule is Cn1nc(N2CCC(=O)NC2=O)c2cc(F)c(C3CC4(CCNC4)C3)cc21. The van der Waals surface area contributed by atoms with Gasteiger partial charge >= 0.3 is 6.03 Å². The predicted octanol–water partition coefficient (Wildman–Crippen LogP) is 2.02. The molecule has 27 heavy (non-hydrogen) atoms. The van der Waals surface area contributed by atoms with Gasteiger partial charge in [0, 0.05) is 31.9 Å². The summed E-state index contributed by atoms with van der Waals surface area (Å²) in [5, 5.41) is 10.7. The molecule has 2 saturated heterocycles. The standard InChI is InChI=1S/C19H22FN5O2/c1-24-15-7-12(11-8-19(9-11)3-4-21-10-19)14(20)6-13(15)17(23-24)25-5-2-16(26)22-18(25)27/h6-7,11,21H,2-5,8-10H2,1H3,(H,22,26,27). The van der Waals surface area contributed by atoms with Crippen LogP contribution >= 0.6 is 0 Å². The Morgan fingerprint density at radius 3 is 2.81 bits per heavy atom. The first-order valence-electron chi connectivity index (χ1n) is 9.44. The number of urea groups is 1. The fraction of sp³-hybridized carbons (Fsp3) is 0.526. The summed E-state index contributed by atoms with van der Waals surface area (Å²) in [6.45, 7) is 2.34. The summed E-state index contributed by atoms with van der Waals surface area (Å²) in [6.07, 6.45) is 3.42. The number of carbonyl (C=O) groups is 2. The lowest BCUT2D eigenvalue weighted by Gasteiger charge is -2.45. The third kappa shape index (κ3) is 2.54. The number of hydrogen-bond acceptors (Lipinski definition) is 4. The summed E-state index contributed by atoms with van der Waals surface area (Å²) >= 11 is 0. The smallest absolute Gasteiger partial charge is 0.316 e. The number of aromatic nitrogens is 2. The second kappa shape index (κ2) is 5.76. The van der Waals surface area contributed by atoms with Crippen molar-refractivity contribution in [3.8, 4) is 0 Å². The maximum atomic E-state index is 15.0. The molecule has 1 spiro atoms. The monoisotopic (exact) mass is 371 g/mol. The molecule has 1 aromatic heterocycles. The lowest BCUT2D eigenvalue weighted by Crippen LogP contribution is -2.49. The van der Waals surface area contributed by atoms with Crippen LogP contribution in [0, 0.1) is 11.2 Å². The summed E-state index contributed by atoms with van der Waals surface area (Å²) in [5.41, 5.74) is 1.90. The summed E-state index contributed by atoms with van der Waals surface area (Å²) < 4.78 is 16.6. The molecular formula is C19H22FN5O2. The Kier molecular flexibility index (Phi) is 3.56. The topological polar surface area (TPSA) is 79.3 Å². The first kappa shape index (κ1) is 16.7. The number of anilines is 1. The maximum absolute atomic E-state index is 15.0. The van der Waals surface area contributed by atoms with E-state index in [9.17, 15) is 14.0 Å². The van der Waals surface area contributed by atoms with E-state index in [1.165, 1.54) is 17.4 Å². The molecule has 0 bridgehead atoms. The molecule has 3 fully saturated rings. The Morgan fingerprint density at radius 1 is 1.30 bits per heavy atom. The minimum absolute atomic E-state index is 0.211. The Balaban J connectivity index is 1.49. The van der Waals surface area contributed by atoms with Crippen molar-refractivity contribution >= 4 is 28.7 Å². The van der Waals surface area contributed by atoms with Gasteiger partial charge < -0.3 is 5.32 Å². The van der Waals surface area contributed by atoms with E-state index in [4.69, 9.17) is 0 Å². The summed E-state index contributed by atoms with van der Waals surface area (Å²) in [6, 6.07) is 2.87. The number of halogens is 1. The zero-order valence-electron chi connectivity index (χ0n) is 15.2. The third-order valence-corrected chi connectivity index (χ3v) is 6.39. The van der Waals surface area contributed by atoms with E-state index in [-0.39, 0.29) is 30.6 Å². The second-order valence-corrected chi connectivity index (χ2v) is 8.12. The Labute approximate surface area is 155 Å². The number of carbonyl (C=O) groups excluding carboxylic acids is 2. The third-order valence-electron chi connectivity index (χ3n) is 6.39. The Bertz CT molecular complexity index is 955. The average Bonchev–Trinajstić information content (AvgIpc) is 3.19. The van der Waals surface area contributed by atoms with Crippen LogP contribution in [0.3, 0.4) is 0 Å². The molecule has 2 aliphatic heterocycles. The number of benzene rings is 1. The van der Waals surface area contributed by atoms with E-state index in [0.717, 1.165) is 37.0 Å². The van der Waals surface area contributed by atoms with Crippen LogP contribution in [-0.2, 0) is 11.8 Å². The molecule has 0 atom stereocenters. The van der Waals surface area contributed by atoms with Crippen LogP contribution in [0.25, 0.3) is 10.9 Å². The fourth-order valence-electron chi connectivity index (χ4n) is 4.90. The van der Waals surface area contributed by atoms with Gasteiger partial charge in [-0.25, -0.2) is 9.18 Å². The van der Waals surface area contributed by atoms with Crippen LogP contribution in [0.1, 0.15) is 37.2 Å². The van der Waals surface area contributed by atoms with Crippen LogP contribution in [0.15, 0.2) is 12.1 Å². The quantitative estimate of drug-likeness (QED) is 0.847. The molecule has 3 amide bonds. The van der Waals surface area contributed by atoms with Gasteiger partial charge in [0.15, 0.2) is 5.82 Å². The van der Waals surface area contributed by atoms with Crippen LogP contribution < -0.4 is 15.5 Å². The minimum Gasteiger partial charge on any atom is -0.316 e. The van der Waals surface area contributed by atoms with Crippen molar-refractivity contribution in [2.75, 3.05) is 24.5 Å². The number of nitrogens with zero attached hydrogens (tertiary/aromatic N) is 3. The van der Waals surface area contributed by atoms with Crippen molar-refractivity contribution < 1.29 is 14.0 Å². The first-order chi connectivity index (χ1) is 13.0. The van der Waals surface area contributed by atoms with E-state index in [1.807, 2.05) is 6.07 Å². The van der Waals surface area contributed by atoms with Gasteiger partial charge in [-0.2, -0.15) is 5.10 Å². The van der Waals surface area contributed by atoms with Gasteiger partial charge in [-0.15, -0.1) is 0 Å². The van der Waals surface area contributed by atoms with E-state index < -0.39 is 6.03 Å². The van der Waals surface area contributed by atoms with Gasteiger partial charge in [-0.05, 0) is 54.8 Å². The van der Waals surface area contributed by atoms with Crippen molar-refractivity contribution in [2.45, 2.75) is 31.6 Å². The average molecular weight is 371 g/mol. The number of rotatable bonds is 2. The van der Waals surface area contributed by atoms with Crippen LogP contribution in [-0.4, -0.2) is 41.4 Å². The normalized spacial score (nSPS) is 28.1. The second-order valence-electron chi connectivity index (χ2n) is 8.12. The Hall–Kier alpha value is -2.48. The number of nitrogens with one attached hydrogen (secondary N) is 2. The number of aryl methyl sites for hydroxylation is 1. The molecule has 2 aromatic rings. The van der Waals surface area contributed by atoms with Crippen molar-refractivity contribution in [3.63, 3.8) is 0 Å². The highest BCUT2D eigenvalue weighted by Crippen LogP contribution is 2.55. The molecule has 3 aliphatic rings. The van der Waals surface area contributed by atoms with Crippen LogP contribution in [0.4, 0.5) is 15.0 Å².